The van der Waals surface area contributed by atoms with Gasteiger partial charge in [-0.2, -0.15) is 5.26 Å². The number of aromatic amines is 1. The molecule has 0 radical (unpaired) electrons. The normalized spacial score (nSPS) is 13.6. The molecule has 0 aliphatic heterocycles. The summed E-state index contributed by atoms with van der Waals surface area (Å²) in [5.74, 6) is 0. The zero-order valence-corrected chi connectivity index (χ0v) is 11.3. The second kappa shape index (κ2) is 4.94. The molecule has 2 heterocycles. The van der Waals surface area contributed by atoms with Crippen molar-refractivity contribution in [1.29, 1.82) is 5.26 Å². The maximum absolute atomic E-state index is 9.53. The Bertz CT molecular complexity index is 711. The number of H-pyrrole nitrogens is 1. The van der Waals surface area contributed by atoms with Gasteiger partial charge in [-0.15, -0.1) is 0 Å². The molecule has 0 aromatic carbocycles. The van der Waals surface area contributed by atoms with Crippen LogP contribution in [0.4, 0.5) is 0 Å². The number of pyridine rings is 2. The first-order chi connectivity index (χ1) is 9.31. The largest absolute Gasteiger partial charge is 0.349 e. The molecular formula is C15H13N3S. The van der Waals surface area contributed by atoms with Gasteiger partial charge in [-0.25, -0.2) is 0 Å². The number of aryl methyl sites for hydroxylation is 1. The van der Waals surface area contributed by atoms with E-state index in [1.54, 1.807) is 12.4 Å². The molecular weight excluding hydrogens is 254 g/mol. The minimum atomic E-state index is 0.644. The molecule has 1 N–H and O–H groups in total. The average molecular weight is 267 g/mol. The van der Waals surface area contributed by atoms with Gasteiger partial charge >= 0.3 is 0 Å². The lowest BCUT2D eigenvalue weighted by Crippen LogP contribution is -2.09. The standard InChI is InChI=1S/C15H13N3S/c16-8-12-11-5-1-2-6-13(11)18-15(19)14(12)10-4-3-7-17-9-10/h3-4,7,9H,1-2,5-6H2,(H,18,19). The lowest BCUT2D eigenvalue weighted by atomic mass is 9.89. The second-order valence-corrected chi connectivity index (χ2v) is 5.13. The molecule has 3 nitrogen and oxygen atoms in total. The van der Waals surface area contributed by atoms with Crippen LogP contribution >= 0.6 is 12.2 Å². The van der Waals surface area contributed by atoms with Crippen LogP contribution in [0.3, 0.4) is 0 Å². The molecule has 0 saturated carbocycles. The Labute approximate surface area is 116 Å². The second-order valence-electron chi connectivity index (χ2n) is 4.72. The Hall–Kier alpha value is -1.99. The summed E-state index contributed by atoms with van der Waals surface area (Å²) in [6.07, 6.45) is 7.72. The minimum Gasteiger partial charge on any atom is -0.349 e. The molecule has 0 saturated heterocycles. The van der Waals surface area contributed by atoms with Crippen molar-refractivity contribution >= 4 is 12.2 Å². The zero-order valence-electron chi connectivity index (χ0n) is 10.4. The van der Waals surface area contributed by atoms with E-state index in [1.807, 2.05) is 12.1 Å². The molecule has 2 aromatic rings. The maximum atomic E-state index is 9.53. The van der Waals surface area contributed by atoms with E-state index < -0.39 is 0 Å². The van der Waals surface area contributed by atoms with Crippen LogP contribution < -0.4 is 0 Å². The van der Waals surface area contributed by atoms with E-state index in [2.05, 4.69) is 16.0 Å². The highest BCUT2D eigenvalue weighted by Crippen LogP contribution is 2.31. The number of rotatable bonds is 1. The first kappa shape index (κ1) is 12.1. The van der Waals surface area contributed by atoms with Crippen molar-refractivity contribution in [3.63, 3.8) is 0 Å². The van der Waals surface area contributed by atoms with E-state index in [4.69, 9.17) is 12.2 Å². The molecule has 0 fully saturated rings. The van der Waals surface area contributed by atoms with Crippen molar-refractivity contribution in [3.8, 4) is 17.2 Å². The van der Waals surface area contributed by atoms with Gasteiger partial charge in [0, 0.05) is 29.2 Å². The van der Waals surface area contributed by atoms with Crippen LogP contribution in [0.15, 0.2) is 24.5 Å². The third-order valence-corrected chi connectivity index (χ3v) is 3.88. The SMILES string of the molecule is N#Cc1c2c([nH]c(=S)c1-c1cccnc1)CCCC2. The van der Waals surface area contributed by atoms with Gasteiger partial charge in [0.2, 0.25) is 0 Å². The maximum Gasteiger partial charge on any atom is 0.112 e. The molecule has 0 bridgehead atoms. The monoisotopic (exact) mass is 267 g/mol. The van der Waals surface area contributed by atoms with Gasteiger partial charge < -0.3 is 4.98 Å². The minimum absolute atomic E-state index is 0.644. The van der Waals surface area contributed by atoms with E-state index in [1.165, 1.54) is 0 Å². The van der Waals surface area contributed by atoms with Crippen LogP contribution in [-0.2, 0) is 12.8 Å². The Morgan fingerprint density at radius 1 is 1.32 bits per heavy atom. The predicted octanol–water partition coefficient (Wildman–Crippen LogP) is 3.56. The van der Waals surface area contributed by atoms with Gasteiger partial charge in [0.05, 0.1) is 5.56 Å². The molecule has 0 unspecified atom stereocenters. The number of hydrogen-bond donors (Lipinski definition) is 1. The average Bonchev–Trinajstić information content (AvgIpc) is 2.46. The van der Waals surface area contributed by atoms with Crippen LogP contribution in [-0.4, -0.2) is 9.97 Å². The van der Waals surface area contributed by atoms with Crippen molar-refractivity contribution in [2.24, 2.45) is 0 Å². The number of nitrogens with zero attached hydrogens (tertiary/aromatic N) is 2. The number of nitriles is 1. The smallest absolute Gasteiger partial charge is 0.112 e. The first-order valence-corrected chi connectivity index (χ1v) is 6.80. The van der Waals surface area contributed by atoms with Gasteiger partial charge in [-0.05, 0) is 37.3 Å². The third-order valence-electron chi connectivity index (χ3n) is 3.57. The van der Waals surface area contributed by atoms with Crippen LogP contribution in [0.2, 0.25) is 0 Å². The number of fused-ring (bicyclic) bond motifs is 1. The van der Waals surface area contributed by atoms with Crippen LogP contribution in [0, 0.1) is 16.0 Å². The highest BCUT2D eigenvalue weighted by molar-refractivity contribution is 7.71. The number of hydrogen-bond acceptors (Lipinski definition) is 3. The molecule has 94 valence electrons. The molecule has 2 aromatic heterocycles. The summed E-state index contributed by atoms with van der Waals surface area (Å²) >= 11 is 5.44. The van der Waals surface area contributed by atoms with Crippen molar-refractivity contribution in [1.82, 2.24) is 9.97 Å². The summed E-state index contributed by atoms with van der Waals surface area (Å²) in [6.45, 7) is 0. The molecule has 1 aliphatic rings. The summed E-state index contributed by atoms with van der Waals surface area (Å²) in [5, 5.41) is 9.53. The fourth-order valence-electron chi connectivity index (χ4n) is 2.69. The highest BCUT2D eigenvalue weighted by Gasteiger charge is 2.19. The summed E-state index contributed by atoms with van der Waals surface area (Å²) in [7, 11) is 0. The lowest BCUT2D eigenvalue weighted by molar-refractivity contribution is 0.666. The van der Waals surface area contributed by atoms with Crippen LogP contribution in [0.1, 0.15) is 29.7 Å². The first-order valence-electron chi connectivity index (χ1n) is 6.40. The van der Waals surface area contributed by atoms with Crippen LogP contribution in [0.25, 0.3) is 11.1 Å². The van der Waals surface area contributed by atoms with Gasteiger partial charge in [-0.3, -0.25) is 4.98 Å². The fraction of sp³-hybridized carbons (Fsp3) is 0.267. The van der Waals surface area contributed by atoms with E-state index in [0.29, 0.717) is 4.64 Å². The summed E-state index contributed by atoms with van der Waals surface area (Å²) in [6, 6.07) is 6.16. The topological polar surface area (TPSA) is 52.5 Å². The Morgan fingerprint density at radius 2 is 2.16 bits per heavy atom. The summed E-state index contributed by atoms with van der Waals surface area (Å²) in [4.78, 5) is 7.43. The van der Waals surface area contributed by atoms with E-state index in [0.717, 1.165) is 53.6 Å². The Balaban J connectivity index is 2.31. The summed E-state index contributed by atoms with van der Waals surface area (Å²) in [5.41, 5.74) is 4.74. The fourth-order valence-corrected chi connectivity index (χ4v) is 3.04. The molecule has 19 heavy (non-hydrogen) atoms. The third kappa shape index (κ3) is 2.06. The molecule has 4 heteroatoms. The van der Waals surface area contributed by atoms with Gasteiger partial charge in [-0.1, -0.05) is 18.3 Å². The van der Waals surface area contributed by atoms with E-state index in [9.17, 15) is 5.26 Å². The zero-order chi connectivity index (χ0) is 13.2. The van der Waals surface area contributed by atoms with Crippen molar-refractivity contribution < 1.29 is 0 Å². The number of nitrogens with one attached hydrogen (secondary N) is 1. The molecule has 3 rings (SSSR count). The Morgan fingerprint density at radius 3 is 2.89 bits per heavy atom. The van der Waals surface area contributed by atoms with Crippen molar-refractivity contribution in [2.45, 2.75) is 25.7 Å². The van der Waals surface area contributed by atoms with E-state index >= 15 is 0 Å². The quantitative estimate of drug-likeness (QED) is 0.804. The number of aromatic nitrogens is 2. The molecule has 1 aliphatic carbocycles. The van der Waals surface area contributed by atoms with E-state index in [-0.39, 0.29) is 0 Å². The molecule has 0 spiro atoms. The Kier molecular flexibility index (Phi) is 3.14. The van der Waals surface area contributed by atoms with Crippen LogP contribution in [0.5, 0.6) is 0 Å². The highest BCUT2D eigenvalue weighted by atomic mass is 32.1. The molecule has 0 amide bonds. The predicted molar refractivity (Wildman–Crippen MR) is 76.2 cm³/mol. The van der Waals surface area contributed by atoms with Crippen molar-refractivity contribution in [3.05, 3.63) is 46.0 Å². The van der Waals surface area contributed by atoms with Gasteiger partial charge in [0.25, 0.3) is 0 Å². The van der Waals surface area contributed by atoms with Crippen molar-refractivity contribution in [2.75, 3.05) is 0 Å². The van der Waals surface area contributed by atoms with Gasteiger partial charge in [0.1, 0.15) is 10.7 Å². The van der Waals surface area contributed by atoms with Gasteiger partial charge in [0.15, 0.2) is 0 Å². The summed E-state index contributed by atoms with van der Waals surface area (Å²) < 4.78 is 0.644. The lowest BCUT2D eigenvalue weighted by Gasteiger charge is -2.19. The molecule has 0 atom stereocenters.